The maximum absolute atomic E-state index is 11.8. The Hall–Kier alpha value is -1.36. The second-order valence-electron chi connectivity index (χ2n) is 5.35. The molecule has 0 aliphatic heterocycles. The van der Waals surface area contributed by atoms with Crippen LogP contribution in [0.2, 0.25) is 0 Å². The highest BCUT2D eigenvalue weighted by molar-refractivity contribution is 5.40. The lowest BCUT2D eigenvalue weighted by Crippen LogP contribution is -2.32. The van der Waals surface area contributed by atoms with Gasteiger partial charge >= 0.3 is 0 Å². The molecule has 1 saturated carbocycles. The highest BCUT2D eigenvalue weighted by Crippen LogP contribution is 2.22. The fraction of sp³-hybridized carbons (Fsp3) is 0.692. The van der Waals surface area contributed by atoms with Crippen molar-refractivity contribution in [3.05, 3.63) is 22.6 Å². The van der Waals surface area contributed by atoms with E-state index in [-0.39, 0.29) is 18.0 Å². The average Bonchev–Trinajstić information content (AvgIpc) is 2.26. The Morgan fingerprint density at radius 3 is 2.78 bits per heavy atom. The van der Waals surface area contributed by atoms with Crippen LogP contribution in [0.3, 0.4) is 0 Å². The van der Waals surface area contributed by atoms with Gasteiger partial charge < -0.3 is 10.4 Å². The monoisotopic (exact) mass is 251 g/mol. The van der Waals surface area contributed by atoms with E-state index in [2.05, 4.69) is 10.4 Å². The molecule has 1 heterocycles. The van der Waals surface area contributed by atoms with Crippen LogP contribution in [0.1, 0.15) is 33.1 Å². The largest absolute Gasteiger partial charge is 0.391 e. The lowest BCUT2D eigenvalue weighted by atomic mass is 9.93. The van der Waals surface area contributed by atoms with Crippen LogP contribution in [-0.2, 0) is 6.54 Å². The Labute approximate surface area is 107 Å². The summed E-state index contributed by atoms with van der Waals surface area (Å²) in [4.78, 5) is 11.8. The number of nitrogens with zero attached hydrogens (tertiary/aromatic N) is 2. The van der Waals surface area contributed by atoms with Crippen LogP contribution in [0.4, 0.5) is 5.69 Å². The van der Waals surface area contributed by atoms with Crippen molar-refractivity contribution in [3.8, 4) is 0 Å². The zero-order valence-corrected chi connectivity index (χ0v) is 11.0. The van der Waals surface area contributed by atoms with Crippen LogP contribution in [0.15, 0.2) is 17.1 Å². The third-order valence-electron chi connectivity index (χ3n) is 3.48. The number of anilines is 1. The van der Waals surface area contributed by atoms with Gasteiger partial charge in [0.2, 0.25) is 0 Å². The minimum Gasteiger partial charge on any atom is -0.391 e. The van der Waals surface area contributed by atoms with E-state index in [1.807, 2.05) is 13.8 Å². The Bertz CT molecular complexity index is 452. The predicted octanol–water partition coefficient (Wildman–Crippen LogP) is 1.22. The first kappa shape index (κ1) is 13.1. The van der Waals surface area contributed by atoms with Gasteiger partial charge in [-0.3, -0.25) is 4.79 Å². The fourth-order valence-electron chi connectivity index (χ4n) is 1.83. The van der Waals surface area contributed by atoms with Crippen LogP contribution in [0.25, 0.3) is 0 Å². The first-order valence-corrected chi connectivity index (χ1v) is 6.58. The summed E-state index contributed by atoms with van der Waals surface area (Å²) in [5, 5.41) is 17.1. The number of aromatic nitrogens is 2. The van der Waals surface area contributed by atoms with Crippen molar-refractivity contribution >= 4 is 5.69 Å². The topological polar surface area (TPSA) is 67.2 Å². The maximum atomic E-state index is 11.8. The van der Waals surface area contributed by atoms with Crippen molar-refractivity contribution < 1.29 is 5.11 Å². The molecular weight excluding hydrogens is 230 g/mol. The Kier molecular flexibility index (Phi) is 4.01. The van der Waals surface area contributed by atoms with E-state index < -0.39 is 6.10 Å². The van der Waals surface area contributed by atoms with E-state index >= 15 is 0 Å². The minimum absolute atomic E-state index is 0.117. The molecule has 2 N–H and O–H groups in total. The number of aliphatic hydroxyl groups is 1. The lowest BCUT2D eigenvalue weighted by Gasteiger charge is -2.27. The number of aliphatic hydroxyl groups excluding tert-OH is 1. The molecule has 1 aliphatic rings. The van der Waals surface area contributed by atoms with Crippen LogP contribution in [-0.4, -0.2) is 27.0 Å². The fourth-order valence-corrected chi connectivity index (χ4v) is 1.83. The van der Waals surface area contributed by atoms with Crippen molar-refractivity contribution in [2.45, 2.75) is 51.8 Å². The normalized spacial score (nSPS) is 17.6. The van der Waals surface area contributed by atoms with Gasteiger partial charge in [-0.1, -0.05) is 13.8 Å². The van der Waals surface area contributed by atoms with Gasteiger partial charge in [0.1, 0.15) is 0 Å². The molecular formula is C13H21N3O2. The molecule has 1 aromatic heterocycles. The molecule has 0 aromatic carbocycles. The van der Waals surface area contributed by atoms with E-state index in [0.717, 1.165) is 18.5 Å². The highest BCUT2D eigenvalue weighted by Gasteiger charge is 2.17. The van der Waals surface area contributed by atoms with E-state index in [1.165, 1.54) is 11.1 Å². The Morgan fingerprint density at radius 2 is 2.28 bits per heavy atom. The van der Waals surface area contributed by atoms with E-state index in [4.69, 9.17) is 0 Å². The second-order valence-corrected chi connectivity index (χ2v) is 5.35. The molecule has 1 aromatic rings. The minimum atomic E-state index is -0.541. The summed E-state index contributed by atoms with van der Waals surface area (Å²) in [6.45, 7) is 4.09. The predicted molar refractivity (Wildman–Crippen MR) is 70.6 cm³/mol. The maximum Gasteiger partial charge on any atom is 0.268 e. The zero-order chi connectivity index (χ0) is 13.1. The lowest BCUT2D eigenvalue weighted by molar-refractivity contribution is 0.101. The zero-order valence-electron chi connectivity index (χ0n) is 11.0. The number of nitrogens with one attached hydrogen (secondary N) is 1. The van der Waals surface area contributed by atoms with Crippen molar-refractivity contribution in [1.29, 1.82) is 0 Å². The van der Waals surface area contributed by atoms with Crippen LogP contribution < -0.4 is 10.9 Å². The third-order valence-corrected chi connectivity index (χ3v) is 3.48. The van der Waals surface area contributed by atoms with E-state index in [1.54, 1.807) is 12.3 Å². The highest BCUT2D eigenvalue weighted by atomic mass is 16.3. The Balaban J connectivity index is 2.02. The van der Waals surface area contributed by atoms with Gasteiger partial charge in [0.15, 0.2) is 0 Å². The summed E-state index contributed by atoms with van der Waals surface area (Å²) >= 11 is 0. The number of hydrogen-bond donors (Lipinski definition) is 2. The molecule has 1 fully saturated rings. The van der Waals surface area contributed by atoms with Gasteiger partial charge in [-0.25, -0.2) is 4.68 Å². The molecule has 0 saturated heterocycles. The third kappa shape index (κ3) is 3.10. The molecule has 5 nitrogen and oxygen atoms in total. The van der Waals surface area contributed by atoms with E-state index in [9.17, 15) is 9.90 Å². The molecule has 2 rings (SSSR count). The van der Waals surface area contributed by atoms with Crippen LogP contribution in [0.5, 0.6) is 0 Å². The molecule has 1 atom stereocenters. The molecule has 0 bridgehead atoms. The molecule has 5 heteroatoms. The SMILES string of the molecule is CC(C)C(O)Cn1ncc(NC2CCC2)cc1=O. The van der Waals surface area contributed by atoms with Crippen LogP contribution in [0, 0.1) is 5.92 Å². The molecule has 0 radical (unpaired) electrons. The van der Waals surface area contributed by atoms with Gasteiger partial charge in [-0.15, -0.1) is 0 Å². The number of hydrogen-bond acceptors (Lipinski definition) is 4. The van der Waals surface area contributed by atoms with Crippen molar-refractivity contribution in [2.24, 2.45) is 5.92 Å². The molecule has 1 unspecified atom stereocenters. The second kappa shape index (κ2) is 5.52. The molecule has 1 aliphatic carbocycles. The summed E-state index contributed by atoms with van der Waals surface area (Å²) in [5.41, 5.74) is 0.610. The molecule has 0 amide bonds. The summed E-state index contributed by atoms with van der Waals surface area (Å²) < 4.78 is 1.32. The first-order chi connectivity index (χ1) is 8.56. The summed E-state index contributed by atoms with van der Waals surface area (Å²) in [6.07, 6.45) is 4.69. The first-order valence-electron chi connectivity index (χ1n) is 6.58. The standard InChI is InChI=1S/C13H21N3O2/c1-9(2)12(17)8-16-13(18)6-11(7-14-16)15-10-4-3-5-10/h6-7,9-10,12,15,17H,3-5,8H2,1-2H3. The van der Waals surface area contributed by atoms with Gasteiger partial charge in [0, 0.05) is 12.1 Å². The summed E-state index contributed by atoms with van der Waals surface area (Å²) in [5.74, 6) is 0.117. The molecule has 18 heavy (non-hydrogen) atoms. The molecule has 100 valence electrons. The van der Waals surface area contributed by atoms with Crippen molar-refractivity contribution in [2.75, 3.05) is 5.32 Å². The van der Waals surface area contributed by atoms with E-state index in [0.29, 0.717) is 6.04 Å². The Morgan fingerprint density at radius 1 is 1.56 bits per heavy atom. The van der Waals surface area contributed by atoms with Crippen molar-refractivity contribution in [1.82, 2.24) is 9.78 Å². The van der Waals surface area contributed by atoms with Gasteiger partial charge in [-0.2, -0.15) is 5.10 Å². The summed E-state index contributed by atoms with van der Waals surface area (Å²) in [7, 11) is 0. The van der Waals surface area contributed by atoms with Gasteiger partial charge in [0.25, 0.3) is 5.56 Å². The summed E-state index contributed by atoms with van der Waals surface area (Å²) in [6, 6.07) is 2.04. The van der Waals surface area contributed by atoms with Crippen LogP contribution >= 0.6 is 0 Å². The smallest absolute Gasteiger partial charge is 0.268 e. The van der Waals surface area contributed by atoms with Crippen molar-refractivity contribution in [3.63, 3.8) is 0 Å². The van der Waals surface area contributed by atoms with Gasteiger partial charge in [0.05, 0.1) is 24.5 Å². The average molecular weight is 251 g/mol. The quantitative estimate of drug-likeness (QED) is 0.826. The molecule has 0 spiro atoms. The van der Waals surface area contributed by atoms with Gasteiger partial charge in [-0.05, 0) is 25.2 Å². The number of rotatable bonds is 5.